The van der Waals surface area contributed by atoms with E-state index in [9.17, 15) is 5.11 Å². The van der Waals surface area contributed by atoms with Gasteiger partial charge in [0.1, 0.15) is 11.6 Å². The monoisotopic (exact) mass is 315 g/mol. The van der Waals surface area contributed by atoms with Crippen molar-refractivity contribution >= 4 is 5.70 Å². The van der Waals surface area contributed by atoms with Gasteiger partial charge >= 0.3 is 0 Å². The smallest absolute Gasteiger partial charge is 0.124 e. The van der Waals surface area contributed by atoms with Crippen molar-refractivity contribution in [2.45, 2.75) is 24.9 Å². The Kier molecular flexibility index (Phi) is 4.09. The zero-order valence-corrected chi connectivity index (χ0v) is 13.4. The number of piperazine rings is 1. The highest BCUT2D eigenvalue weighted by atomic mass is 16.3. The number of para-hydroxylation sites is 1. The van der Waals surface area contributed by atoms with Crippen LogP contribution in [0.15, 0.2) is 41.9 Å². The topological polar surface area (TPSA) is 105 Å². The summed E-state index contributed by atoms with van der Waals surface area (Å²) in [6.45, 7) is 1.79. The molecule has 2 bridgehead atoms. The largest absolute Gasteiger partial charge is 0.507 e. The minimum absolute atomic E-state index is 0.148. The van der Waals surface area contributed by atoms with Crippen LogP contribution >= 0.6 is 0 Å². The normalized spacial score (nSPS) is 24.7. The number of phenolic OH excluding ortho intramolecular Hbond substituents is 1. The highest BCUT2D eigenvalue weighted by molar-refractivity contribution is 5.69. The molecule has 2 unspecified atom stereocenters. The van der Waals surface area contributed by atoms with E-state index in [0.29, 0.717) is 23.3 Å². The summed E-state index contributed by atoms with van der Waals surface area (Å²) in [5.41, 5.74) is 19.8. The van der Waals surface area contributed by atoms with Gasteiger partial charge in [-0.15, -0.1) is 0 Å². The first-order chi connectivity index (χ1) is 11.0. The minimum Gasteiger partial charge on any atom is -0.507 e. The van der Waals surface area contributed by atoms with Gasteiger partial charge in [0.15, 0.2) is 0 Å². The Labute approximate surface area is 136 Å². The van der Waals surface area contributed by atoms with Crippen LogP contribution in [0.4, 0.5) is 0 Å². The number of phenols is 1. The number of hydrogen-bond donors (Lipinski definition) is 4. The van der Waals surface area contributed by atoms with Crippen molar-refractivity contribution < 1.29 is 5.11 Å². The van der Waals surface area contributed by atoms with Crippen LogP contribution in [0.1, 0.15) is 18.4 Å². The molecule has 1 aromatic rings. The standard InChI is InChI=1S/C17H25N5O/c1-21-11-6-7-12(21)10-22(9-11)15(17(19)20)8-14(18)13-4-2-3-5-16(13)23/h2-5,8,11-12,23H,6-7,9-10,18-20H2,1H3/b14-8-. The van der Waals surface area contributed by atoms with Crippen LogP contribution in [0, 0.1) is 0 Å². The van der Waals surface area contributed by atoms with Crippen LogP contribution in [0.25, 0.3) is 5.70 Å². The second-order valence-electron chi connectivity index (χ2n) is 6.41. The van der Waals surface area contributed by atoms with E-state index in [1.807, 2.05) is 6.07 Å². The molecule has 2 atom stereocenters. The molecule has 1 aromatic carbocycles. The fourth-order valence-electron chi connectivity index (χ4n) is 3.61. The number of likely N-dealkylation sites (N-methyl/N-ethyl adjacent to an activating group) is 1. The van der Waals surface area contributed by atoms with Gasteiger partial charge in [0.05, 0.1) is 5.70 Å². The van der Waals surface area contributed by atoms with Gasteiger partial charge in [0, 0.05) is 36.4 Å². The Hall–Kier alpha value is -2.34. The summed E-state index contributed by atoms with van der Waals surface area (Å²) >= 11 is 0. The number of nitrogens with zero attached hydrogens (tertiary/aromatic N) is 2. The van der Waals surface area contributed by atoms with Gasteiger partial charge in [-0.3, -0.25) is 4.90 Å². The van der Waals surface area contributed by atoms with Crippen molar-refractivity contribution in [2.75, 3.05) is 20.1 Å². The molecule has 0 aromatic heterocycles. The van der Waals surface area contributed by atoms with Crippen molar-refractivity contribution in [3.8, 4) is 5.75 Å². The van der Waals surface area contributed by atoms with Crippen molar-refractivity contribution in [1.82, 2.24) is 9.80 Å². The number of benzene rings is 1. The van der Waals surface area contributed by atoms with Crippen molar-refractivity contribution in [2.24, 2.45) is 17.2 Å². The maximum absolute atomic E-state index is 9.95. The Morgan fingerprint density at radius 3 is 2.30 bits per heavy atom. The van der Waals surface area contributed by atoms with Crippen molar-refractivity contribution in [3.05, 3.63) is 47.4 Å². The average molecular weight is 315 g/mol. The maximum Gasteiger partial charge on any atom is 0.124 e. The number of allylic oxidation sites excluding steroid dienone is 1. The zero-order chi connectivity index (χ0) is 16.6. The van der Waals surface area contributed by atoms with Gasteiger partial charge in [-0.25, -0.2) is 0 Å². The van der Waals surface area contributed by atoms with E-state index >= 15 is 0 Å². The molecule has 0 radical (unpaired) electrons. The molecule has 2 fully saturated rings. The molecule has 0 saturated carbocycles. The fraction of sp³-hybridized carbons (Fsp3) is 0.412. The quantitative estimate of drug-likeness (QED) is 0.608. The fourth-order valence-corrected chi connectivity index (χ4v) is 3.61. The molecule has 124 valence electrons. The van der Waals surface area contributed by atoms with Gasteiger partial charge in [-0.05, 0) is 38.1 Å². The summed E-state index contributed by atoms with van der Waals surface area (Å²) in [5.74, 6) is 0.405. The summed E-state index contributed by atoms with van der Waals surface area (Å²) < 4.78 is 0. The number of aromatic hydroxyl groups is 1. The molecular weight excluding hydrogens is 290 g/mol. The average Bonchev–Trinajstić information content (AvgIpc) is 2.74. The summed E-state index contributed by atoms with van der Waals surface area (Å²) in [4.78, 5) is 4.65. The number of fused-ring (bicyclic) bond motifs is 2. The summed E-state index contributed by atoms with van der Waals surface area (Å²) in [6, 6.07) is 8.05. The second-order valence-corrected chi connectivity index (χ2v) is 6.41. The minimum atomic E-state index is 0.148. The van der Waals surface area contributed by atoms with Crippen LogP contribution in [0.3, 0.4) is 0 Å². The molecule has 6 nitrogen and oxygen atoms in total. The molecule has 2 heterocycles. The predicted octanol–water partition coefficient (Wildman–Crippen LogP) is 0.557. The molecular formula is C17H25N5O. The molecule has 6 heteroatoms. The maximum atomic E-state index is 9.95. The van der Waals surface area contributed by atoms with E-state index in [1.165, 1.54) is 12.8 Å². The molecule has 2 saturated heterocycles. The first-order valence-corrected chi connectivity index (χ1v) is 7.95. The molecule has 23 heavy (non-hydrogen) atoms. The summed E-state index contributed by atoms with van der Waals surface area (Å²) in [7, 11) is 2.18. The number of likely N-dealkylation sites (tertiary alicyclic amines) is 1. The SMILES string of the molecule is CN1C2CCC1CN(C(/C=C(\N)c1ccccc1O)=C(N)N)C2. The Morgan fingerprint density at radius 1 is 1.13 bits per heavy atom. The lowest BCUT2D eigenvalue weighted by molar-refractivity contribution is 0.114. The molecule has 0 aliphatic carbocycles. The van der Waals surface area contributed by atoms with Crippen LogP contribution in [0.5, 0.6) is 5.75 Å². The molecule has 0 amide bonds. The highest BCUT2D eigenvalue weighted by Gasteiger charge is 2.38. The highest BCUT2D eigenvalue weighted by Crippen LogP contribution is 2.31. The van der Waals surface area contributed by atoms with Crippen molar-refractivity contribution in [3.63, 3.8) is 0 Å². The van der Waals surface area contributed by atoms with Gasteiger partial charge in [0.2, 0.25) is 0 Å². The number of rotatable bonds is 3. The van der Waals surface area contributed by atoms with Crippen molar-refractivity contribution in [1.29, 1.82) is 0 Å². The molecule has 7 N–H and O–H groups in total. The third kappa shape index (κ3) is 2.94. The second kappa shape index (κ2) is 6.04. The van der Waals surface area contributed by atoms with E-state index in [2.05, 4.69) is 16.8 Å². The third-order valence-corrected chi connectivity index (χ3v) is 4.99. The van der Waals surface area contributed by atoms with Gasteiger partial charge in [0.25, 0.3) is 0 Å². The van der Waals surface area contributed by atoms with Gasteiger partial charge < -0.3 is 27.2 Å². The Balaban J connectivity index is 1.88. The van der Waals surface area contributed by atoms with Crippen LogP contribution in [-0.4, -0.2) is 47.1 Å². The van der Waals surface area contributed by atoms with Crippen LogP contribution in [-0.2, 0) is 0 Å². The number of hydrogen-bond acceptors (Lipinski definition) is 6. The zero-order valence-electron chi connectivity index (χ0n) is 13.4. The predicted molar refractivity (Wildman–Crippen MR) is 91.8 cm³/mol. The molecule has 0 spiro atoms. The lowest BCUT2D eigenvalue weighted by Gasteiger charge is -2.40. The Morgan fingerprint density at radius 2 is 1.74 bits per heavy atom. The number of nitrogens with two attached hydrogens (primary N) is 3. The summed E-state index contributed by atoms with van der Waals surface area (Å²) in [5, 5.41) is 9.95. The first-order valence-electron chi connectivity index (χ1n) is 7.95. The van der Waals surface area contributed by atoms with E-state index in [1.54, 1.807) is 24.3 Å². The van der Waals surface area contributed by atoms with Crippen LogP contribution < -0.4 is 17.2 Å². The van der Waals surface area contributed by atoms with Crippen LogP contribution in [0.2, 0.25) is 0 Å². The van der Waals surface area contributed by atoms with E-state index in [4.69, 9.17) is 17.2 Å². The van der Waals surface area contributed by atoms with E-state index in [0.717, 1.165) is 18.8 Å². The third-order valence-electron chi connectivity index (χ3n) is 4.99. The van der Waals surface area contributed by atoms with Gasteiger partial charge in [-0.1, -0.05) is 12.1 Å². The van der Waals surface area contributed by atoms with E-state index in [-0.39, 0.29) is 11.6 Å². The van der Waals surface area contributed by atoms with Gasteiger partial charge in [-0.2, -0.15) is 0 Å². The van der Waals surface area contributed by atoms with E-state index < -0.39 is 0 Å². The summed E-state index contributed by atoms with van der Waals surface area (Å²) in [6.07, 6.45) is 4.18. The molecule has 2 aliphatic rings. The lowest BCUT2D eigenvalue weighted by atomic mass is 10.1. The first kappa shape index (κ1) is 15.6. The molecule has 2 aliphatic heterocycles. The lowest BCUT2D eigenvalue weighted by Crippen LogP contribution is -2.51. The Bertz CT molecular complexity index is 636. The molecule has 3 rings (SSSR count).